The highest BCUT2D eigenvalue weighted by molar-refractivity contribution is 6.07. The molecular formula is C17H22N2O2. The van der Waals surface area contributed by atoms with Gasteiger partial charge in [0, 0.05) is 6.54 Å². The van der Waals surface area contributed by atoms with Gasteiger partial charge in [-0.05, 0) is 43.6 Å². The summed E-state index contributed by atoms with van der Waals surface area (Å²) in [6.07, 6.45) is 4.41. The van der Waals surface area contributed by atoms with Gasteiger partial charge in [-0.25, -0.2) is 4.79 Å². The van der Waals surface area contributed by atoms with Gasteiger partial charge in [-0.15, -0.1) is 0 Å². The summed E-state index contributed by atoms with van der Waals surface area (Å²) in [5.74, 6) is 0.558. The lowest BCUT2D eigenvalue weighted by Crippen LogP contribution is -2.52. The van der Waals surface area contributed by atoms with Gasteiger partial charge in [-0.2, -0.15) is 0 Å². The fourth-order valence-corrected chi connectivity index (χ4v) is 3.54. The Morgan fingerprint density at radius 2 is 1.86 bits per heavy atom. The Morgan fingerprint density at radius 1 is 1.19 bits per heavy atom. The van der Waals surface area contributed by atoms with E-state index in [9.17, 15) is 9.59 Å². The molecule has 1 aromatic rings. The van der Waals surface area contributed by atoms with E-state index < -0.39 is 5.54 Å². The van der Waals surface area contributed by atoms with Crippen LogP contribution in [0.25, 0.3) is 0 Å². The number of benzene rings is 1. The first-order valence-corrected chi connectivity index (χ1v) is 7.79. The van der Waals surface area contributed by atoms with Crippen molar-refractivity contribution in [2.45, 2.75) is 44.6 Å². The minimum atomic E-state index is -0.585. The number of imide groups is 1. The summed E-state index contributed by atoms with van der Waals surface area (Å²) in [4.78, 5) is 26.3. The highest BCUT2D eigenvalue weighted by atomic mass is 16.2. The molecule has 0 radical (unpaired) electrons. The average molecular weight is 286 g/mol. The van der Waals surface area contributed by atoms with Crippen LogP contribution in [0.4, 0.5) is 4.79 Å². The van der Waals surface area contributed by atoms with Crippen molar-refractivity contribution >= 4 is 11.9 Å². The lowest BCUT2D eigenvalue weighted by Gasteiger charge is -2.40. The van der Waals surface area contributed by atoms with Crippen molar-refractivity contribution in [1.29, 1.82) is 0 Å². The van der Waals surface area contributed by atoms with Gasteiger partial charge in [0.05, 0.1) is 0 Å². The van der Waals surface area contributed by atoms with Crippen molar-refractivity contribution in [3.63, 3.8) is 0 Å². The van der Waals surface area contributed by atoms with E-state index in [0.717, 1.165) is 32.1 Å². The van der Waals surface area contributed by atoms with Crippen molar-refractivity contribution in [3.8, 4) is 0 Å². The maximum absolute atomic E-state index is 12.3. The van der Waals surface area contributed by atoms with Crippen LogP contribution >= 0.6 is 0 Å². The lowest BCUT2D eigenvalue weighted by molar-refractivity contribution is -0.128. The zero-order valence-corrected chi connectivity index (χ0v) is 12.5. The Bertz CT molecular complexity index is 533. The molecule has 2 fully saturated rings. The third-order valence-electron chi connectivity index (χ3n) is 4.97. The van der Waals surface area contributed by atoms with Crippen molar-refractivity contribution < 1.29 is 9.59 Å². The van der Waals surface area contributed by atoms with E-state index in [-0.39, 0.29) is 11.9 Å². The highest BCUT2D eigenvalue weighted by Gasteiger charge is 2.53. The molecule has 3 rings (SSSR count). The minimum Gasteiger partial charge on any atom is -0.309 e. The van der Waals surface area contributed by atoms with Gasteiger partial charge in [0.2, 0.25) is 0 Å². The number of rotatable bonds is 3. The Balaban J connectivity index is 1.75. The molecule has 112 valence electrons. The zero-order valence-electron chi connectivity index (χ0n) is 12.5. The summed E-state index contributed by atoms with van der Waals surface area (Å²) in [5.41, 5.74) is 0.613. The number of nitrogens with zero attached hydrogens (tertiary/aromatic N) is 1. The molecule has 0 unspecified atom stereocenters. The van der Waals surface area contributed by atoms with Crippen molar-refractivity contribution in [3.05, 3.63) is 35.9 Å². The van der Waals surface area contributed by atoms with Crippen LogP contribution in [-0.4, -0.2) is 28.9 Å². The first kappa shape index (κ1) is 14.1. The molecule has 0 aromatic heterocycles. The molecule has 3 amide bonds. The summed E-state index contributed by atoms with van der Waals surface area (Å²) < 4.78 is 0. The maximum Gasteiger partial charge on any atom is 0.325 e. The summed E-state index contributed by atoms with van der Waals surface area (Å²) in [6, 6.07) is 9.90. The van der Waals surface area contributed by atoms with E-state index in [2.05, 4.69) is 24.4 Å². The van der Waals surface area contributed by atoms with E-state index in [0.29, 0.717) is 12.5 Å². The normalized spacial score (nSPS) is 29.0. The number of hydrogen-bond acceptors (Lipinski definition) is 2. The Hall–Kier alpha value is -1.84. The Kier molecular flexibility index (Phi) is 3.70. The summed E-state index contributed by atoms with van der Waals surface area (Å²) in [6.45, 7) is 2.83. The van der Waals surface area contributed by atoms with Crippen molar-refractivity contribution in [2.24, 2.45) is 5.92 Å². The fraction of sp³-hybridized carbons (Fsp3) is 0.529. The molecule has 1 saturated carbocycles. The van der Waals surface area contributed by atoms with Gasteiger partial charge in [-0.3, -0.25) is 10.1 Å². The molecule has 1 saturated heterocycles. The van der Waals surface area contributed by atoms with Crippen LogP contribution in [0.5, 0.6) is 0 Å². The zero-order chi connectivity index (χ0) is 14.9. The van der Waals surface area contributed by atoms with Gasteiger partial charge in [0.1, 0.15) is 5.54 Å². The number of hydrogen-bond donors (Lipinski definition) is 1. The smallest absolute Gasteiger partial charge is 0.309 e. The second kappa shape index (κ2) is 5.51. The monoisotopic (exact) mass is 286 g/mol. The van der Waals surface area contributed by atoms with E-state index in [4.69, 9.17) is 0 Å². The number of urea groups is 1. The number of carbonyl (C=O) groups excluding carboxylic acids is 2. The molecule has 4 nitrogen and oxygen atoms in total. The standard InChI is InChI=1S/C17H22N2O2/c1-13-7-10-17(11-8-13)15(20)18-16(21)19(17)12-9-14-5-3-2-4-6-14/h2-6,13H,7-12H2,1H3,(H,18,20,21). The van der Waals surface area contributed by atoms with Crippen LogP contribution in [0.1, 0.15) is 38.2 Å². The number of nitrogens with one attached hydrogen (secondary N) is 1. The van der Waals surface area contributed by atoms with Gasteiger partial charge in [-0.1, -0.05) is 37.3 Å². The van der Waals surface area contributed by atoms with Gasteiger partial charge >= 0.3 is 6.03 Å². The van der Waals surface area contributed by atoms with Gasteiger partial charge in [0.25, 0.3) is 5.91 Å². The lowest BCUT2D eigenvalue weighted by atomic mass is 9.76. The molecule has 1 heterocycles. The SMILES string of the molecule is CC1CCC2(CC1)C(=O)NC(=O)N2CCc1ccccc1. The number of amides is 3. The topological polar surface area (TPSA) is 49.4 Å². The second-order valence-corrected chi connectivity index (χ2v) is 6.36. The van der Waals surface area contributed by atoms with Crippen LogP contribution < -0.4 is 5.32 Å². The van der Waals surface area contributed by atoms with Crippen LogP contribution in [0.2, 0.25) is 0 Å². The third kappa shape index (κ3) is 2.55. The molecule has 4 heteroatoms. The number of carbonyl (C=O) groups is 2. The molecule has 1 spiro atoms. The predicted molar refractivity (Wildman–Crippen MR) is 80.8 cm³/mol. The third-order valence-corrected chi connectivity index (χ3v) is 4.97. The van der Waals surface area contributed by atoms with Gasteiger partial charge in [0.15, 0.2) is 0 Å². The first-order chi connectivity index (χ1) is 10.1. The molecule has 21 heavy (non-hydrogen) atoms. The summed E-state index contributed by atoms with van der Waals surface area (Å²) >= 11 is 0. The first-order valence-electron chi connectivity index (χ1n) is 7.79. The van der Waals surface area contributed by atoms with Crippen molar-refractivity contribution in [1.82, 2.24) is 10.2 Å². The molecule has 1 N–H and O–H groups in total. The molecule has 1 aromatic carbocycles. The maximum atomic E-state index is 12.3. The molecule has 0 atom stereocenters. The van der Waals surface area contributed by atoms with Crippen LogP contribution in [0, 0.1) is 5.92 Å². The molecule has 0 bridgehead atoms. The summed E-state index contributed by atoms with van der Waals surface area (Å²) in [5, 5.41) is 2.53. The van der Waals surface area contributed by atoms with Crippen LogP contribution in [0.3, 0.4) is 0 Å². The van der Waals surface area contributed by atoms with E-state index in [1.807, 2.05) is 18.2 Å². The van der Waals surface area contributed by atoms with E-state index in [1.165, 1.54) is 5.56 Å². The van der Waals surface area contributed by atoms with Crippen molar-refractivity contribution in [2.75, 3.05) is 6.54 Å². The molecule has 1 aliphatic carbocycles. The van der Waals surface area contributed by atoms with Crippen LogP contribution in [0.15, 0.2) is 30.3 Å². The minimum absolute atomic E-state index is 0.0903. The average Bonchev–Trinajstić information content (AvgIpc) is 2.72. The Labute approximate surface area is 125 Å². The quantitative estimate of drug-likeness (QED) is 0.869. The van der Waals surface area contributed by atoms with Crippen LogP contribution in [-0.2, 0) is 11.2 Å². The van der Waals surface area contributed by atoms with E-state index >= 15 is 0 Å². The highest BCUT2D eigenvalue weighted by Crippen LogP contribution is 2.39. The Morgan fingerprint density at radius 3 is 2.52 bits per heavy atom. The molecular weight excluding hydrogens is 264 g/mol. The predicted octanol–water partition coefficient (Wildman–Crippen LogP) is 2.73. The molecule has 2 aliphatic rings. The largest absolute Gasteiger partial charge is 0.325 e. The molecule has 1 aliphatic heterocycles. The fourth-order valence-electron chi connectivity index (χ4n) is 3.54. The van der Waals surface area contributed by atoms with E-state index in [1.54, 1.807) is 4.90 Å². The van der Waals surface area contributed by atoms with Gasteiger partial charge < -0.3 is 4.90 Å². The summed E-state index contributed by atoms with van der Waals surface area (Å²) in [7, 11) is 0. The second-order valence-electron chi connectivity index (χ2n) is 6.36.